The highest BCUT2D eigenvalue weighted by atomic mass is 19.1. The number of hydrogen-bond acceptors (Lipinski definition) is 6. The van der Waals surface area contributed by atoms with Gasteiger partial charge in [0.1, 0.15) is 17.5 Å². The number of fused-ring (bicyclic) bond motifs is 1. The molecule has 0 amide bonds. The largest absolute Gasteiger partial charge is 0.349 e. The zero-order chi connectivity index (χ0) is 23.9. The fourth-order valence-corrected chi connectivity index (χ4v) is 4.56. The Bertz CT molecular complexity index is 1600. The van der Waals surface area contributed by atoms with Gasteiger partial charge in [-0.3, -0.25) is 5.10 Å². The minimum atomic E-state index is -0.462. The number of nitrogens with zero attached hydrogens (tertiary/aromatic N) is 7. The minimum Gasteiger partial charge on any atom is -0.349 e. The summed E-state index contributed by atoms with van der Waals surface area (Å²) in [6, 6.07) is 14.2. The van der Waals surface area contributed by atoms with E-state index in [2.05, 4.69) is 26.3 Å². The van der Waals surface area contributed by atoms with E-state index >= 15 is 0 Å². The maximum absolute atomic E-state index is 14.5. The van der Waals surface area contributed by atoms with Crippen molar-refractivity contribution in [2.24, 2.45) is 0 Å². The molecule has 3 aromatic heterocycles. The molecule has 1 aliphatic rings. The molecular formula is C25H18F2N8. The van der Waals surface area contributed by atoms with Gasteiger partial charge in [-0.2, -0.15) is 15.5 Å². The highest BCUT2D eigenvalue weighted by Crippen LogP contribution is 2.37. The summed E-state index contributed by atoms with van der Waals surface area (Å²) < 4.78 is 30.0. The second kappa shape index (κ2) is 8.29. The number of rotatable bonds is 4. The molecule has 1 aliphatic heterocycles. The molecule has 0 saturated carbocycles. The molecular weight excluding hydrogens is 450 g/mol. The van der Waals surface area contributed by atoms with Crippen molar-refractivity contribution in [3.63, 3.8) is 0 Å². The van der Waals surface area contributed by atoms with Crippen LogP contribution in [-0.4, -0.2) is 36.3 Å². The maximum Gasteiger partial charge on any atom is 0.181 e. The van der Waals surface area contributed by atoms with Crippen molar-refractivity contribution in [3.8, 4) is 28.8 Å². The van der Waals surface area contributed by atoms with Crippen molar-refractivity contribution in [3.05, 3.63) is 83.7 Å². The topological polar surface area (TPSA) is 98.8 Å². The van der Waals surface area contributed by atoms with Crippen LogP contribution in [0.1, 0.15) is 30.0 Å². The molecule has 1 fully saturated rings. The van der Waals surface area contributed by atoms with Crippen molar-refractivity contribution < 1.29 is 8.78 Å². The zero-order valence-electron chi connectivity index (χ0n) is 18.4. The lowest BCUT2D eigenvalue weighted by molar-refractivity contribution is 0.560. The number of nitrogens with one attached hydrogen (secondary N) is 1. The summed E-state index contributed by atoms with van der Waals surface area (Å²) >= 11 is 0. The molecule has 2 aromatic carbocycles. The molecule has 0 aliphatic carbocycles. The number of H-pyrrole nitrogens is 1. The molecule has 172 valence electrons. The average molecular weight is 468 g/mol. The van der Waals surface area contributed by atoms with Crippen LogP contribution in [0.3, 0.4) is 0 Å². The molecule has 1 N–H and O–H groups in total. The summed E-state index contributed by atoms with van der Waals surface area (Å²) in [5.74, 6) is 0.692. The van der Waals surface area contributed by atoms with Gasteiger partial charge in [-0.25, -0.2) is 23.3 Å². The highest BCUT2D eigenvalue weighted by Gasteiger charge is 2.30. The number of hydrogen-bond donors (Lipinski definition) is 1. The van der Waals surface area contributed by atoms with Gasteiger partial charge in [0.25, 0.3) is 0 Å². The predicted molar refractivity (Wildman–Crippen MR) is 124 cm³/mol. The van der Waals surface area contributed by atoms with Crippen LogP contribution in [0, 0.1) is 23.0 Å². The van der Waals surface area contributed by atoms with E-state index in [0.29, 0.717) is 58.3 Å². The van der Waals surface area contributed by atoms with E-state index in [1.165, 1.54) is 12.1 Å². The summed E-state index contributed by atoms with van der Waals surface area (Å²) in [6.45, 7) is 0.676. The van der Waals surface area contributed by atoms with Crippen LogP contribution in [0.4, 0.5) is 14.6 Å². The minimum absolute atomic E-state index is 0.309. The summed E-state index contributed by atoms with van der Waals surface area (Å²) in [4.78, 5) is 11.4. The first kappa shape index (κ1) is 20.9. The van der Waals surface area contributed by atoms with Crippen molar-refractivity contribution in [1.29, 1.82) is 5.26 Å². The van der Waals surface area contributed by atoms with E-state index in [4.69, 9.17) is 10.2 Å². The standard InChI is InChI=1S/C25H18F2N8/c26-17-6-7-20(27)18(12-17)21-5-2-9-34(21)22-8-10-35-25(30-22)19(14-29-35)24-31-23(32-33-24)16-4-1-3-15(11-16)13-28/h1,3-4,6-8,10-12,14,21H,2,5,9H2,(H,31,32,33)/t21-/m1/s1. The first-order valence-electron chi connectivity index (χ1n) is 11.1. The molecule has 10 heteroatoms. The van der Waals surface area contributed by atoms with Gasteiger partial charge in [-0.1, -0.05) is 12.1 Å². The van der Waals surface area contributed by atoms with Gasteiger partial charge >= 0.3 is 0 Å². The molecule has 8 nitrogen and oxygen atoms in total. The molecule has 0 spiro atoms. The van der Waals surface area contributed by atoms with E-state index in [1.807, 2.05) is 17.0 Å². The Hall–Kier alpha value is -4.65. The average Bonchev–Trinajstić information content (AvgIpc) is 3.64. The Morgan fingerprint density at radius 2 is 2.00 bits per heavy atom. The molecule has 0 bridgehead atoms. The third-order valence-electron chi connectivity index (χ3n) is 6.21. The van der Waals surface area contributed by atoms with Gasteiger partial charge < -0.3 is 4.90 Å². The van der Waals surface area contributed by atoms with Crippen LogP contribution >= 0.6 is 0 Å². The highest BCUT2D eigenvalue weighted by molar-refractivity contribution is 5.74. The molecule has 6 rings (SSSR count). The Morgan fingerprint density at radius 1 is 1.09 bits per heavy atom. The van der Waals surface area contributed by atoms with E-state index in [1.54, 1.807) is 35.1 Å². The first-order chi connectivity index (χ1) is 17.1. The van der Waals surface area contributed by atoms with Gasteiger partial charge in [-0.05, 0) is 49.2 Å². The molecule has 35 heavy (non-hydrogen) atoms. The van der Waals surface area contributed by atoms with Gasteiger partial charge in [-0.15, -0.1) is 0 Å². The van der Waals surface area contributed by atoms with E-state index in [9.17, 15) is 8.78 Å². The Balaban J connectivity index is 1.37. The van der Waals surface area contributed by atoms with Crippen molar-refractivity contribution in [1.82, 2.24) is 29.8 Å². The number of nitriles is 1. The van der Waals surface area contributed by atoms with Crippen molar-refractivity contribution >= 4 is 11.5 Å². The van der Waals surface area contributed by atoms with Gasteiger partial charge in [0, 0.05) is 23.9 Å². The fourth-order valence-electron chi connectivity index (χ4n) is 4.56. The smallest absolute Gasteiger partial charge is 0.181 e. The van der Waals surface area contributed by atoms with E-state index in [-0.39, 0.29) is 6.04 Å². The monoisotopic (exact) mass is 468 g/mol. The lowest BCUT2D eigenvalue weighted by Gasteiger charge is -2.26. The predicted octanol–water partition coefficient (Wildman–Crippen LogP) is 4.67. The number of benzene rings is 2. The molecule has 0 radical (unpaired) electrons. The van der Waals surface area contributed by atoms with E-state index < -0.39 is 11.6 Å². The Kier molecular flexibility index (Phi) is 4.95. The molecule has 4 heterocycles. The molecule has 5 aromatic rings. The number of aromatic nitrogens is 6. The summed E-state index contributed by atoms with van der Waals surface area (Å²) in [5.41, 5.74) is 2.77. The van der Waals surface area contributed by atoms with Crippen LogP contribution in [0.25, 0.3) is 28.4 Å². The first-order valence-corrected chi connectivity index (χ1v) is 11.1. The SMILES string of the molecule is N#Cc1cccc(-c2n[nH]c(-c3cnn4ccc(N5CCC[C@@H]5c5cc(F)ccc5F)nc34)n2)c1. The summed E-state index contributed by atoms with van der Waals surface area (Å²) in [7, 11) is 0. The second-order valence-corrected chi connectivity index (χ2v) is 8.33. The number of aromatic amines is 1. The molecule has 1 saturated heterocycles. The van der Waals surface area contributed by atoms with E-state index in [0.717, 1.165) is 12.5 Å². The van der Waals surface area contributed by atoms with Gasteiger partial charge in [0.15, 0.2) is 17.3 Å². The third kappa shape index (κ3) is 3.67. The number of halogens is 2. The van der Waals surface area contributed by atoms with Crippen LogP contribution in [0.2, 0.25) is 0 Å². The van der Waals surface area contributed by atoms with Gasteiger partial charge in [0.2, 0.25) is 0 Å². The quantitative estimate of drug-likeness (QED) is 0.412. The molecule has 1 atom stereocenters. The van der Waals surface area contributed by atoms with Crippen molar-refractivity contribution in [2.45, 2.75) is 18.9 Å². The van der Waals surface area contributed by atoms with Crippen LogP contribution in [0.5, 0.6) is 0 Å². The van der Waals surface area contributed by atoms with Gasteiger partial charge in [0.05, 0.1) is 29.4 Å². The normalized spacial score (nSPS) is 15.6. The lowest BCUT2D eigenvalue weighted by atomic mass is 10.0. The summed E-state index contributed by atoms with van der Waals surface area (Å²) in [5, 5.41) is 20.8. The van der Waals surface area contributed by atoms with Crippen molar-refractivity contribution in [2.75, 3.05) is 11.4 Å². The zero-order valence-corrected chi connectivity index (χ0v) is 18.4. The molecule has 0 unspecified atom stereocenters. The fraction of sp³-hybridized carbons (Fsp3) is 0.160. The summed E-state index contributed by atoms with van der Waals surface area (Å²) in [6.07, 6.45) is 4.97. The second-order valence-electron chi connectivity index (χ2n) is 8.33. The maximum atomic E-state index is 14.5. The van der Waals surface area contributed by atoms with Crippen LogP contribution in [-0.2, 0) is 0 Å². The lowest BCUT2D eigenvalue weighted by Crippen LogP contribution is -2.24. The Labute approximate surface area is 198 Å². The Morgan fingerprint density at radius 3 is 2.89 bits per heavy atom. The third-order valence-corrected chi connectivity index (χ3v) is 6.21. The van der Waals surface area contributed by atoms with Crippen LogP contribution in [0.15, 0.2) is 60.9 Å². The van der Waals surface area contributed by atoms with Crippen LogP contribution < -0.4 is 4.90 Å². The number of anilines is 1.